The highest BCUT2D eigenvalue weighted by Crippen LogP contribution is 2.08. The van der Waals surface area contributed by atoms with Crippen LogP contribution in [-0.4, -0.2) is 164 Å². The van der Waals surface area contributed by atoms with Gasteiger partial charge in [-0.1, -0.05) is 13.8 Å². The van der Waals surface area contributed by atoms with E-state index in [0.29, 0.717) is 34.9 Å². The zero-order valence-electron chi connectivity index (χ0n) is 33.3. The number of hydrogen-bond acceptors (Lipinski definition) is 16. The van der Waals surface area contributed by atoms with Crippen molar-refractivity contribution in [2.45, 2.75) is 90.3 Å². The topological polar surface area (TPSA) is 210 Å². The molecule has 0 aromatic carbocycles. The maximum Gasteiger partial charge on any atom is 0.306 e. The van der Waals surface area contributed by atoms with Gasteiger partial charge in [0.15, 0.2) is 12.2 Å². The van der Waals surface area contributed by atoms with Crippen LogP contribution in [0.5, 0.6) is 0 Å². The van der Waals surface area contributed by atoms with Gasteiger partial charge >= 0.3 is 47.8 Å². The van der Waals surface area contributed by atoms with E-state index in [1.807, 2.05) is 42.3 Å². The molecule has 0 fully saturated rings. The van der Waals surface area contributed by atoms with Crippen LogP contribution in [0.1, 0.15) is 78.1 Å². The normalized spacial score (nSPS) is 11.4. The second-order valence-electron chi connectivity index (χ2n) is 14.4. The third-order valence-corrected chi connectivity index (χ3v) is 6.88. The first-order valence-corrected chi connectivity index (χ1v) is 18.2. The molecule has 0 bridgehead atoms. The third kappa shape index (κ3) is 30.2. The summed E-state index contributed by atoms with van der Waals surface area (Å²) in [6.45, 7) is 3.20. The molecule has 0 aromatic heterocycles. The molecule has 0 heterocycles. The maximum atomic E-state index is 12.7. The van der Waals surface area contributed by atoms with E-state index >= 15 is 0 Å². The van der Waals surface area contributed by atoms with Crippen molar-refractivity contribution < 1.29 is 85.2 Å². The highest BCUT2D eigenvalue weighted by atomic mass is 16.6. The summed E-state index contributed by atoms with van der Waals surface area (Å²) in [6.07, 6.45) is -3.22. The molecule has 18 heteroatoms. The summed E-state index contributed by atoms with van der Waals surface area (Å²) in [5, 5.41) is 0. The van der Waals surface area contributed by atoms with Crippen LogP contribution in [0.25, 0.3) is 0 Å². The third-order valence-electron chi connectivity index (χ3n) is 6.88. The quantitative estimate of drug-likeness (QED) is 0.0597. The second kappa shape index (κ2) is 27.3. The Morgan fingerprint density at radius 2 is 0.611 bits per heavy atom. The van der Waals surface area contributed by atoms with E-state index in [9.17, 15) is 38.4 Å². The standard InChI is InChI=1S/C36H62N2O16/c1-9-11-29(39)49-23-27(24-50-30(40)12-10-2)53-35(45)17-18-36(46)54-28(25-51-33(43)15-13-31(41)47-21-19-37(3,4)5)26-52-34(44)16-14-32(42)48-22-20-38(6,7)8/h27-28H,9-26H2,1-8H3/q+2. The lowest BCUT2D eigenvalue weighted by atomic mass is 10.3. The van der Waals surface area contributed by atoms with Crippen molar-refractivity contribution in [3.8, 4) is 0 Å². The van der Waals surface area contributed by atoms with Crippen LogP contribution in [-0.2, 0) is 76.3 Å². The average Bonchev–Trinajstić information content (AvgIpc) is 3.06. The van der Waals surface area contributed by atoms with Crippen LogP contribution in [0.3, 0.4) is 0 Å². The van der Waals surface area contributed by atoms with Gasteiger partial charge in [0.2, 0.25) is 0 Å². The van der Waals surface area contributed by atoms with Gasteiger partial charge in [-0.3, -0.25) is 38.4 Å². The molecule has 0 aliphatic rings. The maximum absolute atomic E-state index is 12.7. The minimum absolute atomic E-state index is 0.140. The second-order valence-corrected chi connectivity index (χ2v) is 14.4. The largest absolute Gasteiger partial charge is 0.462 e. The first kappa shape index (κ1) is 49.7. The predicted molar refractivity (Wildman–Crippen MR) is 189 cm³/mol. The summed E-state index contributed by atoms with van der Waals surface area (Å²) in [5.74, 6) is -5.69. The van der Waals surface area contributed by atoms with Gasteiger partial charge in [-0.05, 0) is 12.8 Å². The van der Waals surface area contributed by atoms with Crippen molar-refractivity contribution >= 4 is 47.8 Å². The van der Waals surface area contributed by atoms with Crippen molar-refractivity contribution in [1.29, 1.82) is 0 Å². The Labute approximate surface area is 318 Å². The molecule has 0 aliphatic heterocycles. The molecule has 0 radical (unpaired) electrons. The van der Waals surface area contributed by atoms with Crippen molar-refractivity contribution in [1.82, 2.24) is 0 Å². The summed E-state index contributed by atoms with van der Waals surface area (Å²) in [6, 6.07) is 0. The molecule has 54 heavy (non-hydrogen) atoms. The fourth-order valence-electron chi connectivity index (χ4n) is 3.79. The van der Waals surface area contributed by atoms with Crippen LogP contribution in [0, 0.1) is 0 Å². The van der Waals surface area contributed by atoms with Crippen molar-refractivity contribution in [2.24, 2.45) is 0 Å². The Hall–Kier alpha value is -4.32. The Kier molecular flexibility index (Phi) is 25.1. The van der Waals surface area contributed by atoms with E-state index in [1.54, 1.807) is 13.8 Å². The molecular weight excluding hydrogens is 716 g/mol. The van der Waals surface area contributed by atoms with Gasteiger partial charge in [0.05, 0.1) is 80.8 Å². The summed E-state index contributed by atoms with van der Waals surface area (Å²) in [4.78, 5) is 97.6. The Morgan fingerprint density at radius 3 is 0.870 bits per heavy atom. The fourth-order valence-corrected chi connectivity index (χ4v) is 3.79. The molecule has 310 valence electrons. The van der Waals surface area contributed by atoms with Gasteiger partial charge in [-0.2, -0.15) is 0 Å². The van der Waals surface area contributed by atoms with Crippen LogP contribution < -0.4 is 0 Å². The molecule has 0 spiro atoms. The molecule has 0 atom stereocenters. The van der Waals surface area contributed by atoms with Crippen LogP contribution >= 0.6 is 0 Å². The van der Waals surface area contributed by atoms with Gasteiger partial charge in [0.25, 0.3) is 0 Å². The molecule has 0 aromatic rings. The summed E-state index contributed by atoms with van der Waals surface area (Å²) >= 11 is 0. The Morgan fingerprint density at radius 1 is 0.370 bits per heavy atom. The molecule has 0 amide bonds. The average molecular weight is 779 g/mol. The number of esters is 8. The Balaban J connectivity index is 5.22. The van der Waals surface area contributed by atoms with Gasteiger partial charge in [-0.25, -0.2) is 0 Å². The monoisotopic (exact) mass is 778 g/mol. The van der Waals surface area contributed by atoms with Gasteiger partial charge in [-0.15, -0.1) is 0 Å². The molecule has 0 rings (SSSR count). The number of likely N-dealkylation sites (N-methyl/N-ethyl adjacent to an activating group) is 2. The van der Waals surface area contributed by atoms with Crippen molar-refractivity contribution in [3.05, 3.63) is 0 Å². The SMILES string of the molecule is CCCC(=O)OCC(COC(=O)CCC)OC(=O)CCC(=O)OC(COC(=O)CCC(=O)OCC[N+](C)(C)C)COC(=O)CCC(=O)OCC[N+](C)(C)C. The molecule has 18 nitrogen and oxygen atoms in total. The van der Waals surface area contributed by atoms with Gasteiger partial charge in [0.1, 0.15) is 52.7 Å². The number of quaternary nitrogens is 2. The van der Waals surface area contributed by atoms with E-state index < -0.39 is 86.0 Å². The van der Waals surface area contributed by atoms with E-state index in [0.717, 1.165) is 0 Å². The fraction of sp³-hybridized carbons (Fsp3) is 0.778. The van der Waals surface area contributed by atoms with Crippen molar-refractivity contribution in [3.63, 3.8) is 0 Å². The molecule has 0 unspecified atom stereocenters. The highest BCUT2D eigenvalue weighted by molar-refractivity contribution is 5.79. The number of rotatable bonds is 29. The minimum Gasteiger partial charge on any atom is -0.462 e. The summed E-state index contributed by atoms with van der Waals surface area (Å²) in [7, 11) is 11.6. The lowest BCUT2D eigenvalue weighted by Crippen LogP contribution is -2.38. The van der Waals surface area contributed by atoms with Crippen molar-refractivity contribution in [2.75, 3.05) is 95.0 Å². The summed E-state index contributed by atoms with van der Waals surface area (Å²) < 4.78 is 42.5. The molecule has 0 saturated heterocycles. The number of nitrogens with zero attached hydrogens (tertiary/aromatic N) is 2. The first-order chi connectivity index (χ1) is 25.2. The minimum atomic E-state index is -1.31. The van der Waals surface area contributed by atoms with Crippen LogP contribution in [0.2, 0.25) is 0 Å². The lowest BCUT2D eigenvalue weighted by Gasteiger charge is -2.23. The molecular formula is C36H62N2O16+2. The van der Waals surface area contributed by atoms with E-state index in [1.165, 1.54) is 0 Å². The van der Waals surface area contributed by atoms with E-state index in [2.05, 4.69) is 0 Å². The van der Waals surface area contributed by atoms with Crippen LogP contribution in [0.4, 0.5) is 0 Å². The first-order valence-electron chi connectivity index (χ1n) is 18.2. The summed E-state index contributed by atoms with van der Waals surface area (Å²) in [5.41, 5.74) is 0. The highest BCUT2D eigenvalue weighted by Gasteiger charge is 2.24. The zero-order valence-corrected chi connectivity index (χ0v) is 33.3. The number of ether oxygens (including phenoxy) is 8. The van der Waals surface area contributed by atoms with Gasteiger partial charge < -0.3 is 46.9 Å². The van der Waals surface area contributed by atoms with Gasteiger partial charge in [0, 0.05) is 12.8 Å². The number of hydrogen-bond donors (Lipinski definition) is 0. The molecule has 0 aliphatic carbocycles. The molecule has 0 N–H and O–H groups in total. The van der Waals surface area contributed by atoms with E-state index in [4.69, 9.17) is 37.9 Å². The Bertz CT molecular complexity index is 1130. The van der Waals surface area contributed by atoms with E-state index in [-0.39, 0.29) is 65.0 Å². The number of carbonyl (C=O) groups excluding carboxylic acids is 8. The molecule has 0 saturated carbocycles. The van der Waals surface area contributed by atoms with Crippen LogP contribution in [0.15, 0.2) is 0 Å². The lowest BCUT2D eigenvalue weighted by molar-refractivity contribution is -0.870. The number of carbonyl (C=O) groups is 8. The zero-order chi connectivity index (χ0) is 41.2. The smallest absolute Gasteiger partial charge is 0.306 e. The predicted octanol–water partition coefficient (Wildman–Crippen LogP) is 1.42.